The first-order chi connectivity index (χ1) is 9.13. The molecule has 1 aliphatic carbocycles. The topological polar surface area (TPSA) is 59.0 Å². The van der Waals surface area contributed by atoms with Crippen molar-refractivity contribution in [1.29, 1.82) is 0 Å². The van der Waals surface area contributed by atoms with Crippen LogP contribution in [0.15, 0.2) is 6.07 Å². The molecule has 2 N–H and O–H groups in total. The molecule has 3 atom stereocenters. The third kappa shape index (κ3) is 2.52. The maximum absolute atomic E-state index is 12.3. The standard InChI is InChI=1S/C14H22N4O/c1-9-5-13(18(2)17-9)14(19)16-12-4-3-10-7-15-8-11(10)6-12/h5,10-12,15H,3-4,6-8H2,1-2H3,(H,16,19)/t10-,11+,12?/m0/s1. The summed E-state index contributed by atoms with van der Waals surface area (Å²) in [4.78, 5) is 12.3. The zero-order valence-corrected chi connectivity index (χ0v) is 11.6. The average molecular weight is 262 g/mol. The molecule has 0 radical (unpaired) electrons. The number of nitrogens with one attached hydrogen (secondary N) is 2. The fourth-order valence-corrected chi connectivity index (χ4v) is 3.51. The molecule has 104 valence electrons. The SMILES string of the molecule is Cc1cc(C(=O)NC2CC[C@H]3CNC[C@H]3C2)n(C)n1. The number of carbonyl (C=O) groups excluding carboxylic acids is 1. The molecule has 3 rings (SSSR count). The van der Waals surface area contributed by atoms with E-state index in [1.165, 1.54) is 6.42 Å². The highest BCUT2D eigenvalue weighted by Crippen LogP contribution is 2.32. The van der Waals surface area contributed by atoms with Crippen LogP contribution in [0.1, 0.15) is 35.4 Å². The summed E-state index contributed by atoms with van der Waals surface area (Å²) in [6.07, 6.45) is 3.44. The predicted octanol–water partition coefficient (Wildman–Crippen LogP) is 0.846. The smallest absolute Gasteiger partial charge is 0.269 e. The Bertz CT molecular complexity index is 482. The Labute approximate surface area is 113 Å². The highest BCUT2D eigenvalue weighted by atomic mass is 16.2. The summed E-state index contributed by atoms with van der Waals surface area (Å²) >= 11 is 0. The van der Waals surface area contributed by atoms with Crippen LogP contribution in [-0.2, 0) is 7.05 Å². The van der Waals surface area contributed by atoms with Crippen LogP contribution in [0.5, 0.6) is 0 Å². The Morgan fingerprint density at radius 3 is 2.95 bits per heavy atom. The number of amides is 1. The number of hydrogen-bond donors (Lipinski definition) is 2. The summed E-state index contributed by atoms with van der Waals surface area (Å²) in [5.41, 5.74) is 1.54. The van der Waals surface area contributed by atoms with Crippen LogP contribution in [0.2, 0.25) is 0 Å². The van der Waals surface area contributed by atoms with Gasteiger partial charge in [-0.2, -0.15) is 5.10 Å². The normalized spacial score (nSPS) is 30.1. The van der Waals surface area contributed by atoms with E-state index in [1.54, 1.807) is 4.68 Å². The minimum absolute atomic E-state index is 0.0116. The van der Waals surface area contributed by atoms with Gasteiger partial charge in [-0.15, -0.1) is 0 Å². The summed E-state index contributed by atoms with van der Waals surface area (Å²) < 4.78 is 1.66. The first-order valence-corrected chi connectivity index (χ1v) is 7.15. The molecule has 2 heterocycles. The number of fused-ring (bicyclic) bond motifs is 1. The third-order valence-corrected chi connectivity index (χ3v) is 4.52. The van der Waals surface area contributed by atoms with Gasteiger partial charge in [-0.05, 0) is 57.2 Å². The summed E-state index contributed by atoms with van der Waals surface area (Å²) in [5, 5.41) is 10.9. The lowest BCUT2D eigenvalue weighted by atomic mass is 9.79. The van der Waals surface area contributed by atoms with Crippen LogP contribution in [-0.4, -0.2) is 34.8 Å². The fraction of sp³-hybridized carbons (Fsp3) is 0.714. The molecule has 1 saturated heterocycles. The van der Waals surface area contributed by atoms with E-state index < -0.39 is 0 Å². The maximum atomic E-state index is 12.3. The molecular weight excluding hydrogens is 240 g/mol. The van der Waals surface area contributed by atoms with E-state index in [0.717, 1.165) is 43.5 Å². The maximum Gasteiger partial charge on any atom is 0.269 e. The number of rotatable bonds is 2. The molecule has 1 aliphatic heterocycles. The zero-order valence-electron chi connectivity index (χ0n) is 11.6. The van der Waals surface area contributed by atoms with Crippen molar-refractivity contribution in [2.24, 2.45) is 18.9 Å². The van der Waals surface area contributed by atoms with Crippen molar-refractivity contribution in [3.05, 3.63) is 17.5 Å². The molecule has 5 nitrogen and oxygen atoms in total. The van der Waals surface area contributed by atoms with Gasteiger partial charge in [0, 0.05) is 13.1 Å². The van der Waals surface area contributed by atoms with Gasteiger partial charge in [0.25, 0.3) is 5.91 Å². The lowest BCUT2D eigenvalue weighted by molar-refractivity contribution is 0.0904. The monoisotopic (exact) mass is 262 g/mol. The largest absolute Gasteiger partial charge is 0.348 e. The Balaban J connectivity index is 1.62. The van der Waals surface area contributed by atoms with E-state index in [-0.39, 0.29) is 5.91 Å². The second-order valence-corrected chi connectivity index (χ2v) is 5.96. The third-order valence-electron chi connectivity index (χ3n) is 4.52. The molecule has 19 heavy (non-hydrogen) atoms. The molecule has 1 aromatic rings. The molecule has 1 amide bonds. The molecular formula is C14H22N4O. The first kappa shape index (κ1) is 12.7. The number of nitrogens with zero attached hydrogens (tertiary/aromatic N) is 2. The van der Waals surface area contributed by atoms with E-state index in [9.17, 15) is 4.79 Å². The van der Waals surface area contributed by atoms with Crippen molar-refractivity contribution >= 4 is 5.91 Å². The number of aryl methyl sites for hydroxylation is 2. The van der Waals surface area contributed by atoms with Crippen molar-refractivity contribution in [2.75, 3.05) is 13.1 Å². The van der Waals surface area contributed by atoms with E-state index in [0.29, 0.717) is 11.7 Å². The molecule has 1 unspecified atom stereocenters. The second kappa shape index (κ2) is 4.96. The molecule has 1 saturated carbocycles. The lowest BCUT2D eigenvalue weighted by Gasteiger charge is -2.31. The Kier molecular flexibility index (Phi) is 3.31. The van der Waals surface area contributed by atoms with Crippen LogP contribution >= 0.6 is 0 Å². The molecule has 1 aromatic heterocycles. The van der Waals surface area contributed by atoms with Crippen molar-refractivity contribution in [3.8, 4) is 0 Å². The van der Waals surface area contributed by atoms with E-state index in [1.807, 2.05) is 20.0 Å². The minimum atomic E-state index is 0.0116. The Morgan fingerprint density at radius 2 is 2.21 bits per heavy atom. The minimum Gasteiger partial charge on any atom is -0.348 e. The second-order valence-electron chi connectivity index (χ2n) is 5.96. The molecule has 0 bridgehead atoms. The molecule has 2 aliphatic rings. The van der Waals surface area contributed by atoms with E-state index in [4.69, 9.17) is 0 Å². The average Bonchev–Trinajstić information content (AvgIpc) is 2.94. The van der Waals surface area contributed by atoms with Crippen LogP contribution in [0.25, 0.3) is 0 Å². The predicted molar refractivity (Wildman–Crippen MR) is 72.9 cm³/mol. The van der Waals surface area contributed by atoms with Gasteiger partial charge in [-0.3, -0.25) is 9.48 Å². The van der Waals surface area contributed by atoms with E-state index in [2.05, 4.69) is 15.7 Å². The van der Waals surface area contributed by atoms with Gasteiger partial charge in [0.05, 0.1) is 5.69 Å². The van der Waals surface area contributed by atoms with Crippen molar-refractivity contribution in [1.82, 2.24) is 20.4 Å². The summed E-state index contributed by atoms with van der Waals surface area (Å²) in [5.74, 6) is 1.58. The quantitative estimate of drug-likeness (QED) is 0.830. The van der Waals surface area contributed by atoms with Gasteiger partial charge in [-0.25, -0.2) is 0 Å². The first-order valence-electron chi connectivity index (χ1n) is 7.15. The number of carbonyl (C=O) groups is 1. The van der Waals surface area contributed by atoms with Gasteiger partial charge in [0.15, 0.2) is 0 Å². The van der Waals surface area contributed by atoms with Crippen LogP contribution in [0, 0.1) is 18.8 Å². The van der Waals surface area contributed by atoms with Gasteiger partial charge in [-0.1, -0.05) is 0 Å². The van der Waals surface area contributed by atoms with Crippen molar-refractivity contribution in [2.45, 2.75) is 32.2 Å². The highest BCUT2D eigenvalue weighted by molar-refractivity contribution is 5.92. The highest BCUT2D eigenvalue weighted by Gasteiger charge is 2.34. The van der Waals surface area contributed by atoms with Crippen LogP contribution < -0.4 is 10.6 Å². The molecule has 0 aromatic carbocycles. The summed E-state index contributed by atoms with van der Waals surface area (Å²) in [6.45, 7) is 4.18. The molecule has 5 heteroatoms. The van der Waals surface area contributed by atoms with Gasteiger partial charge in [0.2, 0.25) is 0 Å². The Hall–Kier alpha value is -1.36. The number of aromatic nitrogens is 2. The summed E-state index contributed by atoms with van der Waals surface area (Å²) in [6, 6.07) is 2.17. The Morgan fingerprint density at radius 1 is 1.42 bits per heavy atom. The van der Waals surface area contributed by atoms with Gasteiger partial charge in [0.1, 0.15) is 5.69 Å². The van der Waals surface area contributed by atoms with Crippen LogP contribution in [0.4, 0.5) is 0 Å². The van der Waals surface area contributed by atoms with Gasteiger partial charge < -0.3 is 10.6 Å². The van der Waals surface area contributed by atoms with Gasteiger partial charge >= 0.3 is 0 Å². The van der Waals surface area contributed by atoms with Crippen molar-refractivity contribution < 1.29 is 4.79 Å². The molecule has 0 spiro atoms. The van der Waals surface area contributed by atoms with Crippen LogP contribution in [0.3, 0.4) is 0 Å². The van der Waals surface area contributed by atoms with Crippen molar-refractivity contribution in [3.63, 3.8) is 0 Å². The zero-order chi connectivity index (χ0) is 13.4. The number of hydrogen-bond acceptors (Lipinski definition) is 3. The summed E-state index contributed by atoms with van der Waals surface area (Å²) in [7, 11) is 1.82. The lowest BCUT2D eigenvalue weighted by Crippen LogP contribution is -2.41. The van der Waals surface area contributed by atoms with E-state index >= 15 is 0 Å². The molecule has 2 fully saturated rings. The fourth-order valence-electron chi connectivity index (χ4n) is 3.51.